The molecule has 0 heterocycles. The molecular formula is C25H29N3O6S. The standard InChI is InChI=1S/C25H29N3O6S/c1-4-33-20-10-8-19(9-11-20)28(3)35(31,32)21-12-7-18(2)22(15-21)24(30)34-16-23(29)27-25(17-26)13-5-6-14-25/h7-12,15H,4-6,13-14,16H2,1-3H3,(H,27,29). The molecule has 0 aromatic heterocycles. The second kappa shape index (κ2) is 10.8. The number of hydrogen-bond acceptors (Lipinski definition) is 7. The fourth-order valence-electron chi connectivity index (χ4n) is 3.95. The van der Waals surface area contributed by atoms with Gasteiger partial charge in [-0.2, -0.15) is 5.26 Å². The Morgan fingerprint density at radius 3 is 2.40 bits per heavy atom. The maximum atomic E-state index is 13.2. The van der Waals surface area contributed by atoms with Gasteiger partial charge in [-0.25, -0.2) is 13.2 Å². The third kappa shape index (κ3) is 5.92. The topological polar surface area (TPSA) is 126 Å². The fourth-order valence-corrected chi connectivity index (χ4v) is 5.17. The van der Waals surface area contributed by atoms with Crippen molar-refractivity contribution in [1.29, 1.82) is 5.26 Å². The van der Waals surface area contributed by atoms with Crippen molar-refractivity contribution in [2.75, 3.05) is 24.6 Å². The number of benzene rings is 2. The maximum Gasteiger partial charge on any atom is 0.338 e. The number of carbonyl (C=O) groups is 2. The number of nitrogens with zero attached hydrogens (tertiary/aromatic N) is 2. The molecule has 1 fully saturated rings. The average molecular weight is 500 g/mol. The fraction of sp³-hybridized carbons (Fsp3) is 0.400. The zero-order valence-corrected chi connectivity index (χ0v) is 20.9. The number of hydrogen-bond donors (Lipinski definition) is 1. The van der Waals surface area contributed by atoms with Crippen LogP contribution in [0.4, 0.5) is 5.69 Å². The summed E-state index contributed by atoms with van der Waals surface area (Å²) < 4.78 is 38.0. The minimum atomic E-state index is -3.98. The van der Waals surface area contributed by atoms with E-state index in [0.717, 1.165) is 17.1 Å². The Morgan fingerprint density at radius 2 is 1.80 bits per heavy atom. The Hall–Kier alpha value is -3.58. The predicted octanol–water partition coefficient (Wildman–Crippen LogP) is 3.33. The highest BCUT2D eigenvalue weighted by molar-refractivity contribution is 7.92. The SMILES string of the molecule is CCOc1ccc(N(C)S(=O)(=O)c2ccc(C)c(C(=O)OCC(=O)NC3(C#N)CCCC3)c2)cc1. The minimum Gasteiger partial charge on any atom is -0.494 e. The number of esters is 1. The molecular weight excluding hydrogens is 470 g/mol. The van der Waals surface area contributed by atoms with E-state index in [1.165, 1.54) is 25.2 Å². The largest absolute Gasteiger partial charge is 0.494 e. The molecule has 1 aliphatic rings. The summed E-state index contributed by atoms with van der Waals surface area (Å²) in [6.07, 6.45) is 2.81. The van der Waals surface area contributed by atoms with Gasteiger partial charge in [0.2, 0.25) is 0 Å². The molecule has 35 heavy (non-hydrogen) atoms. The van der Waals surface area contributed by atoms with E-state index >= 15 is 0 Å². The molecule has 0 atom stereocenters. The highest BCUT2D eigenvalue weighted by atomic mass is 32.2. The molecule has 0 saturated heterocycles. The third-order valence-electron chi connectivity index (χ3n) is 5.98. The van der Waals surface area contributed by atoms with Crippen LogP contribution in [-0.4, -0.2) is 46.1 Å². The van der Waals surface area contributed by atoms with Crippen LogP contribution in [0.2, 0.25) is 0 Å². The van der Waals surface area contributed by atoms with Crippen molar-refractivity contribution in [1.82, 2.24) is 5.32 Å². The average Bonchev–Trinajstić information content (AvgIpc) is 3.31. The van der Waals surface area contributed by atoms with Crippen molar-refractivity contribution in [2.45, 2.75) is 50.0 Å². The molecule has 0 aliphatic heterocycles. The van der Waals surface area contributed by atoms with Crippen molar-refractivity contribution in [2.24, 2.45) is 0 Å². The maximum absolute atomic E-state index is 13.2. The molecule has 186 valence electrons. The number of carbonyl (C=O) groups excluding carboxylic acids is 2. The molecule has 0 unspecified atom stereocenters. The van der Waals surface area contributed by atoms with Gasteiger partial charge in [-0.05, 0) is 81.5 Å². The second-order valence-corrected chi connectivity index (χ2v) is 10.4. The Balaban J connectivity index is 1.72. The van der Waals surface area contributed by atoms with Crippen LogP contribution in [0.1, 0.15) is 48.5 Å². The zero-order valence-electron chi connectivity index (χ0n) is 20.0. The lowest BCUT2D eigenvalue weighted by Gasteiger charge is -2.22. The van der Waals surface area contributed by atoms with Gasteiger partial charge >= 0.3 is 5.97 Å². The Bertz CT molecular complexity index is 1230. The molecule has 1 amide bonds. The molecule has 0 radical (unpaired) electrons. The zero-order chi connectivity index (χ0) is 25.6. The lowest BCUT2D eigenvalue weighted by Crippen LogP contribution is -2.46. The van der Waals surface area contributed by atoms with E-state index in [-0.39, 0.29) is 10.5 Å². The molecule has 3 rings (SSSR count). The Kier molecular flexibility index (Phi) is 8.02. The summed E-state index contributed by atoms with van der Waals surface area (Å²) in [5, 5.41) is 12.0. The minimum absolute atomic E-state index is 0.0369. The van der Waals surface area contributed by atoms with Gasteiger partial charge in [-0.3, -0.25) is 9.10 Å². The number of nitrogens with one attached hydrogen (secondary N) is 1. The van der Waals surface area contributed by atoms with E-state index in [9.17, 15) is 23.3 Å². The summed E-state index contributed by atoms with van der Waals surface area (Å²) in [6, 6.07) is 12.9. The number of sulfonamides is 1. The van der Waals surface area contributed by atoms with Crippen molar-refractivity contribution in [3.05, 3.63) is 53.6 Å². The lowest BCUT2D eigenvalue weighted by atomic mass is 10.00. The smallest absolute Gasteiger partial charge is 0.338 e. The summed E-state index contributed by atoms with van der Waals surface area (Å²) in [4.78, 5) is 24.9. The van der Waals surface area contributed by atoms with Crippen LogP contribution < -0.4 is 14.4 Å². The van der Waals surface area contributed by atoms with E-state index in [2.05, 4.69) is 11.4 Å². The van der Waals surface area contributed by atoms with Crippen LogP contribution in [0.3, 0.4) is 0 Å². The van der Waals surface area contributed by atoms with Crippen LogP contribution in [0.15, 0.2) is 47.4 Å². The van der Waals surface area contributed by atoms with Gasteiger partial charge < -0.3 is 14.8 Å². The van der Waals surface area contributed by atoms with E-state index in [4.69, 9.17) is 9.47 Å². The van der Waals surface area contributed by atoms with Crippen LogP contribution in [0.25, 0.3) is 0 Å². The highest BCUT2D eigenvalue weighted by Gasteiger charge is 2.35. The summed E-state index contributed by atoms with van der Waals surface area (Å²) in [5.41, 5.74) is 0.0455. The van der Waals surface area contributed by atoms with E-state index in [1.54, 1.807) is 31.2 Å². The predicted molar refractivity (Wildman–Crippen MR) is 130 cm³/mol. The van der Waals surface area contributed by atoms with Gasteiger partial charge in [0, 0.05) is 7.05 Å². The van der Waals surface area contributed by atoms with Crippen LogP contribution in [-0.2, 0) is 19.6 Å². The second-order valence-electron chi connectivity index (χ2n) is 8.40. The van der Waals surface area contributed by atoms with Gasteiger partial charge in [0.15, 0.2) is 6.61 Å². The first-order valence-electron chi connectivity index (χ1n) is 11.3. The number of anilines is 1. The molecule has 0 spiro atoms. The monoisotopic (exact) mass is 499 g/mol. The van der Waals surface area contributed by atoms with Crippen LogP contribution >= 0.6 is 0 Å². The van der Waals surface area contributed by atoms with Crippen molar-refractivity contribution in [3.63, 3.8) is 0 Å². The van der Waals surface area contributed by atoms with Crippen molar-refractivity contribution >= 4 is 27.6 Å². The first-order chi connectivity index (χ1) is 16.6. The normalized spacial score (nSPS) is 14.6. The summed E-state index contributed by atoms with van der Waals surface area (Å²) >= 11 is 0. The summed E-state index contributed by atoms with van der Waals surface area (Å²) in [5.74, 6) is -0.769. The van der Waals surface area contributed by atoms with Crippen molar-refractivity contribution < 1.29 is 27.5 Å². The molecule has 10 heteroatoms. The molecule has 1 saturated carbocycles. The number of ether oxygens (including phenoxy) is 2. The molecule has 1 aliphatic carbocycles. The number of aryl methyl sites for hydroxylation is 1. The number of rotatable bonds is 9. The molecule has 0 bridgehead atoms. The van der Waals surface area contributed by atoms with Crippen molar-refractivity contribution in [3.8, 4) is 11.8 Å². The van der Waals surface area contributed by atoms with E-state index in [0.29, 0.717) is 36.4 Å². The van der Waals surface area contributed by atoms with Gasteiger partial charge in [-0.15, -0.1) is 0 Å². The van der Waals surface area contributed by atoms with E-state index in [1.807, 2.05) is 6.92 Å². The summed E-state index contributed by atoms with van der Waals surface area (Å²) in [7, 11) is -2.56. The van der Waals surface area contributed by atoms with Crippen LogP contribution in [0, 0.1) is 18.3 Å². The van der Waals surface area contributed by atoms with E-state index < -0.39 is 34.0 Å². The van der Waals surface area contributed by atoms with Gasteiger partial charge in [-0.1, -0.05) is 6.07 Å². The van der Waals surface area contributed by atoms with Gasteiger partial charge in [0.1, 0.15) is 11.3 Å². The lowest BCUT2D eigenvalue weighted by molar-refractivity contribution is -0.125. The number of amides is 1. The molecule has 1 N–H and O–H groups in total. The van der Waals surface area contributed by atoms with Gasteiger partial charge in [0.05, 0.1) is 28.8 Å². The molecule has 2 aromatic carbocycles. The number of nitriles is 1. The first kappa shape index (κ1) is 26.0. The molecule has 9 nitrogen and oxygen atoms in total. The Morgan fingerprint density at radius 1 is 1.14 bits per heavy atom. The quantitative estimate of drug-likeness (QED) is 0.525. The Labute approximate surface area is 205 Å². The first-order valence-corrected chi connectivity index (χ1v) is 12.8. The highest BCUT2D eigenvalue weighted by Crippen LogP contribution is 2.29. The third-order valence-corrected chi connectivity index (χ3v) is 7.76. The van der Waals surface area contributed by atoms with Gasteiger partial charge in [0.25, 0.3) is 15.9 Å². The molecule has 2 aromatic rings. The summed E-state index contributed by atoms with van der Waals surface area (Å²) in [6.45, 7) is 3.43. The van der Waals surface area contributed by atoms with Crippen LogP contribution in [0.5, 0.6) is 5.75 Å².